The van der Waals surface area contributed by atoms with E-state index in [-0.39, 0.29) is 30.0 Å². The summed E-state index contributed by atoms with van der Waals surface area (Å²) in [5.74, 6) is 0.327. The Morgan fingerprint density at radius 2 is 1.90 bits per heavy atom. The zero-order valence-corrected chi connectivity index (χ0v) is 23.5. The third-order valence-electron chi connectivity index (χ3n) is 7.82. The number of nitrogens with zero attached hydrogens (tertiary/aromatic N) is 4. The molecule has 2 aromatic heterocycles. The second kappa shape index (κ2) is 10.8. The van der Waals surface area contributed by atoms with Gasteiger partial charge in [0.1, 0.15) is 5.52 Å². The van der Waals surface area contributed by atoms with Gasteiger partial charge >= 0.3 is 0 Å². The molecule has 4 aromatic rings. The van der Waals surface area contributed by atoms with Crippen LogP contribution >= 0.6 is 11.3 Å². The van der Waals surface area contributed by atoms with Crippen LogP contribution in [-0.2, 0) is 34.1 Å². The van der Waals surface area contributed by atoms with Gasteiger partial charge in [-0.2, -0.15) is 0 Å². The quantitative estimate of drug-likeness (QED) is 0.293. The van der Waals surface area contributed by atoms with Gasteiger partial charge < -0.3 is 5.32 Å². The number of carbonyl (C=O) groups is 1. The van der Waals surface area contributed by atoms with Crippen LogP contribution in [0.25, 0.3) is 11.0 Å². The van der Waals surface area contributed by atoms with E-state index in [1.807, 2.05) is 6.07 Å². The van der Waals surface area contributed by atoms with Gasteiger partial charge in [-0.05, 0) is 60.6 Å². The smallest absolute Gasteiger partial charge is 0.230 e. The molecule has 9 nitrogen and oxygen atoms in total. The summed E-state index contributed by atoms with van der Waals surface area (Å²) in [4.78, 5) is 21.5. The van der Waals surface area contributed by atoms with Crippen LogP contribution in [0.5, 0.6) is 0 Å². The molecule has 0 unspecified atom stereocenters. The van der Waals surface area contributed by atoms with E-state index in [2.05, 4.69) is 44.7 Å². The number of H-pyrrole nitrogens is 1. The summed E-state index contributed by atoms with van der Waals surface area (Å²) in [5.41, 5.74) is 4.79. The predicted octanol–water partition coefficient (Wildman–Crippen LogP) is 5.03. The van der Waals surface area contributed by atoms with Crippen LogP contribution in [0.2, 0.25) is 0 Å². The van der Waals surface area contributed by atoms with E-state index in [1.54, 1.807) is 24.3 Å². The van der Waals surface area contributed by atoms with E-state index in [4.69, 9.17) is 4.98 Å². The summed E-state index contributed by atoms with van der Waals surface area (Å²) >= 11 is 1.53. The van der Waals surface area contributed by atoms with Crippen molar-refractivity contribution in [3.63, 3.8) is 0 Å². The summed E-state index contributed by atoms with van der Waals surface area (Å²) in [6, 6.07) is 13.1. The Balaban J connectivity index is 1.06. The summed E-state index contributed by atoms with van der Waals surface area (Å²) in [6.45, 7) is 3.74. The van der Waals surface area contributed by atoms with Gasteiger partial charge in [-0.3, -0.25) is 14.8 Å². The van der Waals surface area contributed by atoms with Crippen molar-refractivity contribution in [2.24, 2.45) is 5.92 Å². The van der Waals surface area contributed by atoms with Gasteiger partial charge in [0.05, 0.1) is 34.3 Å². The zero-order chi connectivity index (χ0) is 27.0. The highest BCUT2D eigenvalue weighted by atomic mass is 32.2. The van der Waals surface area contributed by atoms with Crippen LogP contribution in [0.1, 0.15) is 66.8 Å². The number of rotatable bonds is 9. The number of hydrogen-bond donors (Lipinski definition) is 2. The van der Waals surface area contributed by atoms with Crippen LogP contribution in [0, 0.1) is 5.92 Å². The van der Waals surface area contributed by atoms with Crippen molar-refractivity contribution >= 4 is 43.2 Å². The number of thiazole rings is 1. The number of hydrogen-bond acceptors (Lipinski definition) is 8. The summed E-state index contributed by atoms with van der Waals surface area (Å²) < 4.78 is 25.5. The van der Waals surface area contributed by atoms with Crippen molar-refractivity contribution < 1.29 is 13.2 Å². The molecule has 1 saturated carbocycles. The molecule has 1 fully saturated rings. The Labute approximate surface area is 232 Å². The molecular weight excluding hydrogens is 532 g/mol. The average molecular weight is 565 g/mol. The molecule has 2 aromatic carbocycles. The van der Waals surface area contributed by atoms with Crippen molar-refractivity contribution in [1.29, 1.82) is 0 Å². The van der Waals surface area contributed by atoms with Gasteiger partial charge in [-0.25, -0.2) is 13.4 Å². The van der Waals surface area contributed by atoms with Crippen molar-refractivity contribution in [1.82, 2.24) is 25.3 Å². The van der Waals surface area contributed by atoms with Gasteiger partial charge in [0.25, 0.3) is 0 Å². The molecule has 6 rings (SSSR count). The lowest BCUT2D eigenvalue weighted by Crippen LogP contribution is -2.22. The first kappa shape index (κ1) is 26.1. The van der Waals surface area contributed by atoms with Gasteiger partial charge in [0, 0.05) is 18.0 Å². The number of nitrogens with one attached hydrogen (secondary N) is 2. The van der Waals surface area contributed by atoms with Crippen molar-refractivity contribution in [2.45, 2.75) is 69.5 Å². The van der Waals surface area contributed by atoms with Gasteiger partial charge in [-0.1, -0.05) is 43.2 Å². The van der Waals surface area contributed by atoms with Crippen molar-refractivity contribution in [3.05, 3.63) is 64.2 Å². The van der Waals surface area contributed by atoms with E-state index in [0.717, 1.165) is 67.5 Å². The standard InChI is InChI=1S/C28H32N6O3S2/c1-2-24-27-25(16-34(24)15-20-9-12-22-23(13-20)32-33-31-22)38-28(30-27)29-26(35)14-18-7-10-21(11-8-18)39(36,37)17-19-5-3-4-6-19/h7-13,19,24H,2-6,14-17H2,1H3,(H,29,30,35)(H,31,32,33)/t24-/m0/s1. The first-order valence-corrected chi connectivity index (χ1v) is 16.0. The van der Waals surface area contributed by atoms with E-state index in [9.17, 15) is 13.2 Å². The van der Waals surface area contributed by atoms with E-state index < -0.39 is 9.84 Å². The van der Waals surface area contributed by atoms with Crippen LogP contribution in [0.4, 0.5) is 5.13 Å². The maximum Gasteiger partial charge on any atom is 0.230 e. The van der Waals surface area contributed by atoms with E-state index >= 15 is 0 Å². The molecule has 0 bridgehead atoms. The van der Waals surface area contributed by atoms with Crippen LogP contribution in [0.15, 0.2) is 47.4 Å². The normalized spacial score (nSPS) is 18.1. The highest BCUT2D eigenvalue weighted by molar-refractivity contribution is 7.91. The fourth-order valence-corrected chi connectivity index (χ4v) is 8.60. The molecule has 2 aliphatic rings. The average Bonchev–Trinajstić information content (AvgIpc) is 3.69. The second-order valence-electron chi connectivity index (χ2n) is 10.6. The molecule has 0 saturated heterocycles. The number of aromatic amines is 1. The number of carbonyl (C=O) groups excluding carboxylic acids is 1. The number of fused-ring (bicyclic) bond motifs is 2. The number of benzene rings is 2. The van der Waals surface area contributed by atoms with E-state index in [1.165, 1.54) is 21.8 Å². The minimum atomic E-state index is -3.30. The van der Waals surface area contributed by atoms with Gasteiger partial charge in [0.15, 0.2) is 15.0 Å². The first-order valence-electron chi connectivity index (χ1n) is 13.5. The van der Waals surface area contributed by atoms with Crippen molar-refractivity contribution in [3.8, 4) is 0 Å². The number of aromatic nitrogens is 4. The van der Waals surface area contributed by atoms with Crippen LogP contribution in [0.3, 0.4) is 0 Å². The number of sulfone groups is 1. The van der Waals surface area contributed by atoms with Crippen molar-refractivity contribution in [2.75, 3.05) is 11.1 Å². The monoisotopic (exact) mass is 564 g/mol. The number of amides is 1. The molecule has 1 atom stereocenters. The second-order valence-corrected chi connectivity index (χ2v) is 13.7. The summed E-state index contributed by atoms with van der Waals surface area (Å²) in [6.07, 6.45) is 5.32. The van der Waals surface area contributed by atoms with Crippen LogP contribution < -0.4 is 5.32 Å². The summed E-state index contributed by atoms with van der Waals surface area (Å²) in [7, 11) is -3.30. The maximum absolute atomic E-state index is 12.8. The Morgan fingerprint density at radius 1 is 1.13 bits per heavy atom. The topological polar surface area (TPSA) is 121 Å². The van der Waals surface area contributed by atoms with Gasteiger partial charge in [0.2, 0.25) is 5.91 Å². The van der Waals surface area contributed by atoms with Gasteiger partial charge in [-0.15, -0.1) is 16.4 Å². The summed E-state index contributed by atoms with van der Waals surface area (Å²) in [5, 5.41) is 14.4. The zero-order valence-electron chi connectivity index (χ0n) is 21.9. The lowest BCUT2D eigenvalue weighted by atomic mass is 10.1. The molecule has 0 spiro atoms. The largest absolute Gasteiger partial charge is 0.302 e. The number of anilines is 1. The molecule has 1 aliphatic heterocycles. The third-order valence-corrected chi connectivity index (χ3v) is 10.7. The molecule has 3 heterocycles. The molecule has 11 heteroatoms. The molecule has 0 radical (unpaired) electrons. The molecule has 204 valence electrons. The Morgan fingerprint density at radius 3 is 2.67 bits per heavy atom. The Bertz CT molecular complexity index is 1590. The lowest BCUT2D eigenvalue weighted by molar-refractivity contribution is -0.115. The fraction of sp³-hybridized carbons (Fsp3) is 0.429. The Hall–Kier alpha value is -3.15. The maximum atomic E-state index is 12.8. The molecule has 39 heavy (non-hydrogen) atoms. The Kier molecular flexibility index (Phi) is 7.22. The lowest BCUT2D eigenvalue weighted by Gasteiger charge is -2.23. The molecule has 1 amide bonds. The molecule has 2 N–H and O–H groups in total. The molecular formula is C28H32N6O3S2. The highest BCUT2D eigenvalue weighted by Crippen LogP contribution is 2.41. The highest BCUT2D eigenvalue weighted by Gasteiger charge is 2.33. The SMILES string of the molecule is CC[C@H]1c2nc(NC(=O)Cc3ccc(S(=O)(=O)CC4CCCC4)cc3)sc2CN1Cc1ccc2nn[nH]c2c1. The minimum Gasteiger partial charge on any atom is -0.302 e. The van der Waals surface area contributed by atoms with E-state index in [0.29, 0.717) is 10.0 Å². The predicted molar refractivity (Wildman–Crippen MR) is 151 cm³/mol. The first-order chi connectivity index (χ1) is 18.9. The molecule has 1 aliphatic carbocycles. The minimum absolute atomic E-state index is 0.157. The fourth-order valence-electron chi connectivity index (χ4n) is 5.85. The van der Waals surface area contributed by atoms with Crippen LogP contribution in [-0.4, -0.2) is 45.4 Å². The third kappa shape index (κ3) is 5.61.